The molecule has 0 radical (unpaired) electrons. The maximum Gasteiger partial charge on any atom is 0.119 e. The van der Waals surface area contributed by atoms with Crippen molar-refractivity contribution in [2.75, 3.05) is 0 Å². The largest absolute Gasteiger partial charge is 0.508 e. The number of unbranched alkanes of at least 4 members (excludes halogenated alkanes) is 24. The topological polar surface area (TPSA) is 20.2 Å². The van der Waals surface area contributed by atoms with Gasteiger partial charge in [-0.15, -0.1) is 0 Å². The van der Waals surface area contributed by atoms with Gasteiger partial charge in [0, 0.05) is 26.2 Å². The number of aryl methyl sites for hydroxylation is 1. The molecule has 0 spiro atoms. The third-order valence-electron chi connectivity index (χ3n) is 9.88. The van der Waals surface area contributed by atoms with Crippen molar-refractivity contribution in [2.45, 2.75) is 233 Å². The molecule has 0 aliphatic carbocycles. The molecular formula is C42H78OZr. The smallest absolute Gasteiger partial charge is 0.119 e. The Morgan fingerprint density at radius 2 is 0.614 bits per heavy atom. The van der Waals surface area contributed by atoms with E-state index in [0.717, 1.165) is 12.8 Å². The van der Waals surface area contributed by atoms with Crippen LogP contribution in [0.25, 0.3) is 0 Å². The maximum absolute atomic E-state index is 11.5. The quantitative estimate of drug-likeness (QED) is 0.0747. The fourth-order valence-corrected chi connectivity index (χ4v) is 7.03. The van der Waals surface area contributed by atoms with Gasteiger partial charge in [0.25, 0.3) is 0 Å². The second-order valence-electron chi connectivity index (χ2n) is 14.0. The number of aromatic hydroxyl groups is 1. The molecule has 0 aromatic heterocycles. The van der Waals surface area contributed by atoms with E-state index >= 15 is 0 Å². The van der Waals surface area contributed by atoms with E-state index in [2.05, 4.69) is 33.8 Å². The van der Waals surface area contributed by atoms with E-state index in [0.29, 0.717) is 5.75 Å². The van der Waals surface area contributed by atoms with Crippen molar-refractivity contribution in [3.63, 3.8) is 0 Å². The van der Waals surface area contributed by atoms with Crippen molar-refractivity contribution in [3.8, 4) is 5.75 Å². The Bertz CT molecular complexity index is 742. The molecule has 0 aliphatic rings. The average Bonchev–Trinajstić information content (AvgIpc) is 3.01. The Hall–Kier alpha value is -0.0969. The van der Waals surface area contributed by atoms with Crippen molar-refractivity contribution in [2.24, 2.45) is 0 Å². The van der Waals surface area contributed by atoms with E-state index in [-0.39, 0.29) is 26.2 Å². The van der Waals surface area contributed by atoms with E-state index in [4.69, 9.17) is 0 Å². The van der Waals surface area contributed by atoms with Gasteiger partial charge in [-0.1, -0.05) is 182 Å². The number of phenols is 1. The normalized spacial score (nSPS) is 11.3. The molecule has 0 unspecified atom stereocenters. The second-order valence-corrected chi connectivity index (χ2v) is 14.0. The minimum atomic E-state index is 0. The van der Waals surface area contributed by atoms with Crippen LogP contribution >= 0.6 is 0 Å². The fraction of sp³-hybridized carbons (Fsp3) is 0.857. The van der Waals surface area contributed by atoms with Crippen LogP contribution in [-0.4, -0.2) is 5.11 Å². The van der Waals surface area contributed by atoms with Gasteiger partial charge in [-0.3, -0.25) is 0 Å². The molecule has 44 heavy (non-hydrogen) atoms. The number of benzene rings is 1. The first-order valence-electron chi connectivity index (χ1n) is 20.0. The zero-order valence-electron chi connectivity index (χ0n) is 30.7. The number of rotatable bonds is 32. The van der Waals surface area contributed by atoms with Crippen molar-refractivity contribution >= 4 is 0 Å². The van der Waals surface area contributed by atoms with Crippen LogP contribution in [0.3, 0.4) is 0 Å². The Balaban J connectivity index is 0.0000185. The minimum Gasteiger partial charge on any atom is -0.508 e. The van der Waals surface area contributed by atoms with Crippen molar-refractivity contribution in [1.82, 2.24) is 0 Å². The average molecular weight is 690 g/mol. The van der Waals surface area contributed by atoms with Crippen LogP contribution in [0.2, 0.25) is 0 Å². The molecule has 1 nitrogen and oxygen atoms in total. The molecule has 0 saturated carbocycles. The summed E-state index contributed by atoms with van der Waals surface area (Å²) < 4.78 is 0. The molecule has 0 fully saturated rings. The first-order valence-corrected chi connectivity index (χ1v) is 20.0. The van der Waals surface area contributed by atoms with Crippen LogP contribution in [0, 0.1) is 0 Å². The van der Waals surface area contributed by atoms with E-state index < -0.39 is 0 Å². The zero-order valence-corrected chi connectivity index (χ0v) is 33.1. The van der Waals surface area contributed by atoms with Crippen LogP contribution in [0.15, 0.2) is 6.07 Å². The van der Waals surface area contributed by atoms with E-state index in [1.807, 2.05) is 0 Å². The van der Waals surface area contributed by atoms with Crippen molar-refractivity contribution in [1.29, 1.82) is 0 Å². The van der Waals surface area contributed by atoms with Gasteiger partial charge in [0.2, 0.25) is 0 Å². The van der Waals surface area contributed by atoms with Gasteiger partial charge in [-0.05, 0) is 79.7 Å². The molecule has 256 valence electrons. The van der Waals surface area contributed by atoms with Crippen LogP contribution in [0.1, 0.15) is 230 Å². The van der Waals surface area contributed by atoms with Crippen molar-refractivity contribution in [3.05, 3.63) is 28.3 Å². The third-order valence-corrected chi connectivity index (χ3v) is 9.88. The standard InChI is InChI=1S/C42H78O.Zr/c1-5-9-13-17-21-25-29-33-38-37-42(43)41(36-32-28-24-20-16-12-8-4)40(35-31-27-23-19-15-11-7-3)39(38)34-30-26-22-18-14-10-6-2;/h37,43H,5-36H2,1-4H3;. The van der Waals surface area contributed by atoms with Gasteiger partial charge in [0.05, 0.1) is 0 Å². The molecule has 1 N–H and O–H groups in total. The van der Waals surface area contributed by atoms with Gasteiger partial charge < -0.3 is 5.11 Å². The van der Waals surface area contributed by atoms with Gasteiger partial charge in [-0.25, -0.2) is 0 Å². The van der Waals surface area contributed by atoms with E-state index in [1.165, 1.54) is 204 Å². The van der Waals surface area contributed by atoms with Crippen molar-refractivity contribution < 1.29 is 31.3 Å². The monoisotopic (exact) mass is 689 g/mol. The van der Waals surface area contributed by atoms with Crippen LogP contribution in [0.5, 0.6) is 5.75 Å². The molecule has 0 heterocycles. The van der Waals surface area contributed by atoms with E-state index in [9.17, 15) is 5.11 Å². The Kier molecular flexibility index (Phi) is 32.8. The summed E-state index contributed by atoms with van der Waals surface area (Å²) in [6.07, 6.45) is 42.7. The Morgan fingerprint density at radius 1 is 0.341 bits per heavy atom. The summed E-state index contributed by atoms with van der Waals surface area (Å²) in [7, 11) is 0. The molecule has 1 aromatic carbocycles. The summed E-state index contributed by atoms with van der Waals surface area (Å²) in [5.41, 5.74) is 6.09. The number of phenolic OH excluding ortho intramolecular Hbond substituents is 1. The molecule has 2 heteroatoms. The summed E-state index contributed by atoms with van der Waals surface area (Å²) in [5.74, 6) is 0.630. The van der Waals surface area contributed by atoms with Crippen LogP contribution < -0.4 is 0 Å². The van der Waals surface area contributed by atoms with Gasteiger partial charge in [0.1, 0.15) is 5.75 Å². The summed E-state index contributed by atoms with van der Waals surface area (Å²) in [4.78, 5) is 0. The van der Waals surface area contributed by atoms with E-state index in [1.54, 1.807) is 11.1 Å². The summed E-state index contributed by atoms with van der Waals surface area (Å²) >= 11 is 0. The molecule has 0 bridgehead atoms. The Morgan fingerprint density at radius 3 is 0.977 bits per heavy atom. The maximum atomic E-state index is 11.5. The summed E-state index contributed by atoms with van der Waals surface area (Å²) in [5, 5.41) is 11.5. The predicted octanol–water partition coefficient (Wildman–Crippen LogP) is 14.6. The minimum absolute atomic E-state index is 0. The predicted molar refractivity (Wildman–Crippen MR) is 195 cm³/mol. The van der Waals surface area contributed by atoms with Gasteiger partial charge in [0.15, 0.2) is 0 Å². The SMILES string of the molecule is CCCCCCCCCc1cc(O)c(CCCCCCCCC)c(CCCCCCCCC)c1CCCCCCCCC.[Zr]. The molecular weight excluding hydrogens is 612 g/mol. The van der Waals surface area contributed by atoms with Crippen LogP contribution in [-0.2, 0) is 51.9 Å². The molecule has 0 amide bonds. The molecule has 0 saturated heterocycles. The second kappa shape index (κ2) is 32.8. The number of hydrogen-bond donors (Lipinski definition) is 1. The molecule has 1 rings (SSSR count). The fourth-order valence-electron chi connectivity index (χ4n) is 7.03. The first-order chi connectivity index (χ1) is 21.2. The third kappa shape index (κ3) is 22.4. The molecule has 1 aromatic rings. The summed E-state index contributed by atoms with van der Waals surface area (Å²) in [6.45, 7) is 9.23. The Labute approximate surface area is 297 Å². The zero-order chi connectivity index (χ0) is 31.2. The summed E-state index contributed by atoms with van der Waals surface area (Å²) in [6, 6.07) is 2.23. The number of hydrogen-bond acceptors (Lipinski definition) is 1. The molecule has 0 atom stereocenters. The van der Waals surface area contributed by atoms with Gasteiger partial charge in [-0.2, -0.15) is 0 Å². The van der Waals surface area contributed by atoms with Gasteiger partial charge >= 0.3 is 0 Å². The first kappa shape index (κ1) is 43.9. The molecule has 0 aliphatic heterocycles. The van der Waals surface area contributed by atoms with Crippen LogP contribution in [0.4, 0.5) is 0 Å².